The molecule has 3 aromatic carbocycles. The van der Waals surface area contributed by atoms with Gasteiger partial charge in [0.2, 0.25) is 0 Å². The number of aromatic hydroxyl groups is 1. The molecule has 0 fully saturated rings. The molecule has 1 heterocycles. The van der Waals surface area contributed by atoms with E-state index in [1.54, 1.807) is 6.07 Å². The second-order valence-electron chi connectivity index (χ2n) is 4.99. The van der Waals surface area contributed by atoms with Crippen molar-refractivity contribution in [3.05, 3.63) is 71.8 Å². The van der Waals surface area contributed by atoms with Crippen molar-refractivity contribution in [2.45, 2.75) is 0 Å². The lowest BCUT2D eigenvalue weighted by Crippen LogP contribution is -2.16. The average Bonchev–Trinajstić information content (AvgIpc) is 2.57. The summed E-state index contributed by atoms with van der Waals surface area (Å²) in [5.74, 6) is 1.40. The van der Waals surface area contributed by atoms with Crippen molar-refractivity contribution in [1.82, 2.24) is 0 Å². The number of benzene rings is 3. The van der Waals surface area contributed by atoms with Crippen molar-refractivity contribution in [3.63, 3.8) is 0 Å². The van der Waals surface area contributed by atoms with Crippen LogP contribution in [0.25, 0.3) is 0 Å². The number of nitrogens with zero attached hydrogens (tertiary/aromatic N) is 1. The molecule has 0 atom stereocenters. The Morgan fingerprint density at radius 2 is 1.55 bits per heavy atom. The molecule has 0 spiro atoms. The fraction of sp³-hybridized carbons (Fsp3) is 0. The third-order valence-electron chi connectivity index (χ3n) is 3.62. The standard InChI is InChI=1S/C18H12ClNO2/c19-17-14(21)10-11-16-18(17)20(12-6-2-1-3-7-12)13-8-4-5-9-15(13)22-16/h1-11,21H. The highest BCUT2D eigenvalue weighted by molar-refractivity contribution is 6.35. The number of para-hydroxylation sites is 3. The number of halogens is 1. The Balaban J connectivity index is 2.03. The van der Waals surface area contributed by atoms with Crippen molar-refractivity contribution in [1.29, 1.82) is 0 Å². The predicted octanol–water partition coefficient (Wildman–Crippen LogP) is 5.62. The monoisotopic (exact) mass is 309 g/mol. The summed E-state index contributed by atoms with van der Waals surface area (Å²) in [5, 5.41) is 10.2. The van der Waals surface area contributed by atoms with Gasteiger partial charge in [0.1, 0.15) is 16.5 Å². The van der Waals surface area contributed by atoms with E-state index in [-0.39, 0.29) is 10.8 Å². The normalized spacial score (nSPS) is 12.3. The summed E-state index contributed by atoms with van der Waals surface area (Å²) in [6.07, 6.45) is 0. The summed E-state index contributed by atoms with van der Waals surface area (Å²) in [4.78, 5) is 2.00. The maximum atomic E-state index is 9.97. The number of ether oxygens (including phenoxy) is 1. The second-order valence-corrected chi connectivity index (χ2v) is 5.36. The summed E-state index contributed by atoms with van der Waals surface area (Å²) in [6.45, 7) is 0. The van der Waals surface area contributed by atoms with Gasteiger partial charge < -0.3 is 14.7 Å². The van der Waals surface area contributed by atoms with Crippen LogP contribution in [-0.4, -0.2) is 5.11 Å². The van der Waals surface area contributed by atoms with Gasteiger partial charge in [-0.15, -0.1) is 0 Å². The average molecular weight is 310 g/mol. The zero-order chi connectivity index (χ0) is 15.1. The number of hydrogen-bond acceptors (Lipinski definition) is 3. The third-order valence-corrected chi connectivity index (χ3v) is 4.00. The maximum Gasteiger partial charge on any atom is 0.153 e. The molecule has 4 heteroatoms. The van der Waals surface area contributed by atoms with Crippen LogP contribution in [0.2, 0.25) is 5.02 Å². The van der Waals surface area contributed by atoms with E-state index in [9.17, 15) is 5.11 Å². The van der Waals surface area contributed by atoms with Gasteiger partial charge in [-0.25, -0.2) is 0 Å². The van der Waals surface area contributed by atoms with Crippen LogP contribution in [0.1, 0.15) is 0 Å². The molecule has 3 aromatic rings. The Hall–Kier alpha value is -2.65. The first-order valence-electron chi connectivity index (χ1n) is 6.89. The minimum atomic E-state index is 0.0318. The fourth-order valence-corrected chi connectivity index (χ4v) is 2.88. The summed E-state index contributed by atoms with van der Waals surface area (Å²) in [5.41, 5.74) is 2.48. The number of phenolic OH excluding ortho intramolecular Hbond substituents is 1. The topological polar surface area (TPSA) is 32.7 Å². The third kappa shape index (κ3) is 1.90. The molecule has 22 heavy (non-hydrogen) atoms. The van der Waals surface area contributed by atoms with Crippen LogP contribution in [0, 0.1) is 0 Å². The lowest BCUT2D eigenvalue weighted by molar-refractivity contribution is 0.461. The van der Waals surface area contributed by atoms with Crippen molar-refractivity contribution >= 4 is 28.7 Å². The molecule has 0 unspecified atom stereocenters. The van der Waals surface area contributed by atoms with Gasteiger partial charge in [-0.2, -0.15) is 0 Å². The molecular formula is C18H12ClNO2. The molecule has 0 aliphatic carbocycles. The minimum Gasteiger partial charge on any atom is -0.506 e. The molecule has 0 aromatic heterocycles. The van der Waals surface area contributed by atoms with Crippen LogP contribution in [-0.2, 0) is 0 Å². The molecule has 0 saturated heterocycles. The Kier molecular flexibility index (Phi) is 2.94. The number of fused-ring (bicyclic) bond motifs is 2. The van der Waals surface area contributed by atoms with Crippen molar-refractivity contribution in [3.8, 4) is 17.2 Å². The van der Waals surface area contributed by atoms with E-state index in [1.807, 2.05) is 59.5 Å². The van der Waals surface area contributed by atoms with Crippen LogP contribution in [0.4, 0.5) is 17.1 Å². The van der Waals surface area contributed by atoms with Gasteiger partial charge in [-0.05, 0) is 36.4 Å². The molecule has 0 saturated carbocycles. The van der Waals surface area contributed by atoms with Crippen molar-refractivity contribution in [2.24, 2.45) is 0 Å². The molecule has 4 rings (SSSR count). The first-order chi connectivity index (χ1) is 10.8. The van der Waals surface area contributed by atoms with E-state index in [0.29, 0.717) is 11.4 Å². The second kappa shape index (κ2) is 4.97. The van der Waals surface area contributed by atoms with Crippen LogP contribution < -0.4 is 9.64 Å². The predicted molar refractivity (Wildman–Crippen MR) is 87.9 cm³/mol. The lowest BCUT2D eigenvalue weighted by Gasteiger charge is -2.33. The molecule has 1 aliphatic heterocycles. The first-order valence-corrected chi connectivity index (χ1v) is 7.27. The Morgan fingerprint density at radius 1 is 0.818 bits per heavy atom. The van der Waals surface area contributed by atoms with Gasteiger partial charge in [-0.1, -0.05) is 41.9 Å². The SMILES string of the molecule is Oc1ccc2c(c1Cl)N(c1ccccc1)c1ccccc1O2. The van der Waals surface area contributed by atoms with Crippen LogP contribution >= 0.6 is 11.6 Å². The van der Waals surface area contributed by atoms with Gasteiger partial charge in [0.25, 0.3) is 0 Å². The fourth-order valence-electron chi connectivity index (χ4n) is 2.64. The molecule has 3 nitrogen and oxygen atoms in total. The quantitative estimate of drug-likeness (QED) is 0.495. The largest absolute Gasteiger partial charge is 0.506 e. The van der Waals surface area contributed by atoms with Gasteiger partial charge in [0, 0.05) is 5.69 Å². The summed E-state index contributed by atoms with van der Waals surface area (Å²) in [6, 6.07) is 20.9. The highest BCUT2D eigenvalue weighted by Crippen LogP contribution is 2.54. The van der Waals surface area contributed by atoms with Crippen LogP contribution in [0.15, 0.2) is 66.7 Å². The number of anilines is 3. The molecule has 0 amide bonds. The number of rotatable bonds is 1. The van der Waals surface area contributed by atoms with Crippen molar-refractivity contribution < 1.29 is 9.84 Å². The number of hydrogen-bond donors (Lipinski definition) is 1. The first kappa shape index (κ1) is 13.0. The van der Waals surface area contributed by atoms with Crippen LogP contribution in [0.3, 0.4) is 0 Å². The zero-order valence-electron chi connectivity index (χ0n) is 11.5. The van der Waals surface area contributed by atoms with E-state index in [1.165, 1.54) is 6.07 Å². The summed E-state index contributed by atoms with van der Waals surface area (Å²) >= 11 is 6.35. The molecule has 1 aliphatic rings. The number of phenols is 1. The summed E-state index contributed by atoms with van der Waals surface area (Å²) < 4.78 is 5.93. The molecule has 1 N–H and O–H groups in total. The van der Waals surface area contributed by atoms with Gasteiger partial charge in [0.15, 0.2) is 11.5 Å². The van der Waals surface area contributed by atoms with E-state index in [2.05, 4.69) is 0 Å². The molecule has 0 radical (unpaired) electrons. The summed E-state index contributed by atoms with van der Waals surface area (Å²) in [7, 11) is 0. The van der Waals surface area contributed by atoms with E-state index < -0.39 is 0 Å². The lowest BCUT2D eigenvalue weighted by atomic mass is 10.1. The van der Waals surface area contributed by atoms with E-state index in [0.717, 1.165) is 17.1 Å². The Bertz CT molecular complexity index is 849. The Morgan fingerprint density at radius 3 is 2.36 bits per heavy atom. The van der Waals surface area contributed by atoms with E-state index >= 15 is 0 Å². The molecule has 0 bridgehead atoms. The van der Waals surface area contributed by atoms with Gasteiger partial charge in [-0.3, -0.25) is 0 Å². The van der Waals surface area contributed by atoms with Crippen LogP contribution in [0.5, 0.6) is 17.2 Å². The van der Waals surface area contributed by atoms with Crippen molar-refractivity contribution in [2.75, 3.05) is 4.90 Å². The molecule has 108 valence electrons. The highest BCUT2D eigenvalue weighted by atomic mass is 35.5. The Labute approximate surface area is 133 Å². The minimum absolute atomic E-state index is 0.0318. The molecular weight excluding hydrogens is 298 g/mol. The highest BCUT2D eigenvalue weighted by Gasteiger charge is 2.28. The van der Waals surface area contributed by atoms with Gasteiger partial charge in [0.05, 0.1) is 5.69 Å². The van der Waals surface area contributed by atoms with Gasteiger partial charge >= 0.3 is 0 Å². The smallest absolute Gasteiger partial charge is 0.153 e. The van der Waals surface area contributed by atoms with E-state index in [4.69, 9.17) is 16.3 Å². The zero-order valence-corrected chi connectivity index (χ0v) is 12.3. The maximum absolute atomic E-state index is 9.97.